The fourth-order valence-corrected chi connectivity index (χ4v) is 2.83. The number of nitrogens with zero attached hydrogens (tertiary/aromatic N) is 2. The maximum absolute atomic E-state index is 12.3. The zero-order valence-corrected chi connectivity index (χ0v) is 13.6. The Labute approximate surface area is 145 Å². The van der Waals surface area contributed by atoms with Gasteiger partial charge in [0.15, 0.2) is 0 Å². The number of carbonyl (C=O) groups excluding carboxylic acids is 1. The van der Waals surface area contributed by atoms with Crippen molar-refractivity contribution in [3.05, 3.63) is 90.8 Å². The fraction of sp³-hybridized carbons (Fsp3) is 0.0476. The van der Waals surface area contributed by atoms with E-state index in [2.05, 4.69) is 16.5 Å². The molecule has 1 heterocycles. The summed E-state index contributed by atoms with van der Waals surface area (Å²) < 4.78 is 1.78. The number of hydrogen-bond acceptors (Lipinski definition) is 2. The molecule has 0 unspecified atom stereocenters. The minimum atomic E-state index is -0.0529. The van der Waals surface area contributed by atoms with Gasteiger partial charge in [-0.3, -0.25) is 4.79 Å². The Hall–Kier alpha value is -3.40. The van der Waals surface area contributed by atoms with Crippen LogP contribution >= 0.6 is 0 Å². The predicted molar refractivity (Wildman–Crippen MR) is 99.8 cm³/mol. The van der Waals surface area contributed by atoms with Gasteiger partial charge in [-0.25, -0.2) is 4.68 Å². The molecule has 4 nitrogen and oxygen atoms in total. The molecule has 4 rings (SSSR count). The topological polar surface area (TPSA) is 46.9 Å². The molecule has 122 valence electrons. The molecule has 1 amide bonds. The number of nitrogens with one attached hydrogen (secondary N) is 1. The van der Waals surface area contributed by atoms with E-state index in [1.165, 1.54) is 0 Å². The van der Waals surface area contributed by atoms with Gasteiger partial charge in [0.2, 0.25) is 5.91 Å². The van der Waals surface area contributed by atoms with Gasteiger partial charge < -0.3 is 5.32 Å². The lowest BCUT2D eigenvalue weighted by Crippen LogP contribution is -2.14. The first-order chi connectivity index (χ1) is 12.3. The molecule has 0 aliphatic carbocycles. The summed E-state index contributed by atoms with van der Waals surface area (Å²) in [6.45, 7) is 0. The molecule has 1 aromatic heterocycles. The number of aromatic nitrogens is 2. The monoisotopic (exact) mass is 327 g/mol. The first kappa shape index (κ1) is 15.1. The molecule has 3 aromatic carbocycles. The van der Waals surface area contributed by atoms with Crippen molar-refractivity contribution in [2.45, 2.75) is 6.42 Å². The van der Waals surface area contributed by atoms with Crippen molar-refractivity contribution in [2.75, 3.05) is 5.32 Å². The first-order valence-corrected chi connectivity index (χ1v) is 8.15. The van der Waals surface area contributed by atoms with Crippen LogP contribution in [-0.4, -0.2) is 15.7 Å². The summed E-state index contributed by atoms with van der Waals surface area (Å²) in [7, 11) is 0. The number of hydrogen-bond donors (Lipinski definition) is 1. The summed E-state index contributed by atoms with van der Waals surface area (Å²) in [6, 6.07) is 23.9. The molecule has 0 saturated carbocycles. The molecular weight excluding hydrogens is 310 g/mol. The maximum atomic E-state index is 12.3. The van der Waals surface area contributed by atoms with Crippen molar-refractivity contribution >= 4 is 22.4 Å². The third kappa shape index (κ3) is 3.43. The Bertz CT molecular complexity index is 1020. The van der Waals surface area contributed by atoms with Crippen LogP contribution in [0.3, 0.4) is 0 Å². The lowest BCUT2D eigenvalue weighted by Gasteiger charge is -2.06. The highest BCUT2D eigenvalue weighted by atomic mass is 16.1. The Balaban J connectivity index is 1.46. The Morgan fingerprint density at radius 3 is 2.52 bits per heavy atom. The van der Waals surface area contributed by atoms with E-state index in [0.29, 0.717) is 6.42 Å². The quantitative estimate of drug-likeness (QED) is 0.610. The van der Waals surface area contributed by atoms with Crippen LogP contribution in [0.2, 0.25) is 0 Å². The molecular formula is C21H17N3O. The summed E-state index contributed by atoms with van der Waals surface area (Å²) in [4.78, 5) is 12.3. The van der Waals surface area contributed by atoms with Gasteiger partial charge in [-0.15, -0.1) is 0 Å². The van der Waals surface area contributed by atoms with E-state index in [1.807, 2.05) is 72.9 Å². The summed E-state index contributed by atoms with van der Waals surface area (Å²) >= 11 is 0. The van der Waals surface area contributed by atoms with Crippen molar-refractivity contribution in [1.82, 2.24) is 9.78 Å². The number of para-hydroxylation sites is 1. The van der Waals surface area contributed by atoms with Crippen LogP contribution in [0.5, 0.6) is 0 Å². The minimum absolute atomic E-state index is 0.0529. The second-order valence-corrected chi connectivity index (χ2v) is 5.92. The number of amides is 1. The van der Waals surface area contributed by atoms with Crippen molar-refractivity contribution in [1.29, 1.82) is 0 Å². The highest BCUT2D eigenvalue weighted by Gasteiger charge is 2.07. The van der Waals surface area contributed by atoms with Gasteiger partial charge in [-0.1, -0.05) is 48.5 Å². The molecule has 4 aromatic rings. The van der Waals surface area contributed by atoms with E-state index in [1.54, 1.807) is 10.9 Å². The number of rotatable bonds is 4. The summed E-state index contributed by atoms with van der Waals surface area (Å²) in [5.41, 5.74) is 2.66. The number of carbonyl (C=O) groups is 1. The van der Waals surface area contributed by atoms with E-state index in [9.17, 15) is 4.79 Å². The van der Waals surface area contributed by atoms with Crippen LogP contribution in [0.15, 0.2) is 85.2 Å². The van der Waals surface area contributed by atoms with Gasteiger partial charge in [-0.2, -0.15) is 5.10 Å². The summed E-state index contributed by atoms with van der Waals surface area (Å²) in [5, 5.41) is 9.55. The SMILES string of the molecule is O=C(Cc1cnn(-c2ccccc2)c1)Nc1ccc2ccccc2c1. The third-order valence-corrected chi connectivity index (χ3v) is 4.05. The smallest absolute Gasteiger partial charge is 0.228 e. The van der Waals surface area contributed by atoms with Gasteiger partial charge in [0.25, 0.3) is 0 Å². The molecule has 0 radical (unpaired) electrons. The molecule has 0 spiro atoms. The first-order valence-electron chi connectivity index (χ1n) is 8.15. The summed E-state index contributed by atoms with van der Waals surface area (Å²) in [5.74, 6) is -0.0529. The predicted octanol–water partition coefficient (Wildman–Crippen LogP) is 4.21. The minimum Gasteiger partial charge on any atom is -0.326 e. The van der Waals surface area contributed by atoms with Gasteiger partial charge >= 0.3 is 0 Å². The van der Waals surface area contributed by atoms with E-state index >= 15 is 0 Å². The van der Waals surface area contributed by atoms with E-state index in [0.717, 1.165) is 27.7 Å². The standard InChI is InChI=1S/C21H17N3O/c25-21(23-19-11-10-17-6-4-5-7-18(17)13-19)12-16-14-22-24(15-16)20-8-2-1-3-9-20/h1-11,13-15H,12H2,(H,23,25). The van der Waals surface area contributed by atoms with Crippen LogP contribution < -0.4 is 5.32 Å². The Kier molecular flexibility index (Phi) is 4.01. The molecule has 25 heavy (non-hydrogen) atoms. The van der Waals surface area contributed by atoms with Gasteiger partial charge in [0, 0.05) is 11.9 Å². The normalized spacial score (nSPS) is 10.7. The van der Waals surface area contributed by atoms with Crippen LogP contribution in [-0.2, 0) is 11.2 Å². The molecule has 0 bridgehead atoms. The second kappa shape index (κ2) is 6.61. The fourth-order valence-electron chi connectivity index (χ4n) is 2.83. The second-order valence-electron chi connectivity index (χ2n) is 5.92. The number of benzene rings is 3. The van der Waals surface area contributed by atoms with Crippen molar-refractivity contribution in [3.63, 3.8) is 0 Å². The molecule has 0 saturated heterocycles. The largest absolute Gasteiger partial charge is 0.326 e. The average molecular weight is 327 g/mol. The molecule has 0 fully saturated rings. The molecule has 0 aliphatic rings. The lowest BCUT2D eigenvalue weighted by molar-refractivity contribution is -0.115. The zero-order chi connectivity index (χ0) is 17.1. The van der Waals surface area contributed by atoms with Crippen molar-refractivity contribution in [3.8, 4) is 5.69 Å². The lowest BCUT2D eigenvalue weighted by atomic mass is 10.1. The van der Waals surface area contributed by atoms with Gasteiger partial charge in [0.05, 0.1) is 18.3 Å². The van der Waals surface area contributed by atoms with E-state index in [4.69, 9.17) is 0 Å². The molecule has 0 atom stereocenters. The van der Waals surface area contributed by atoms with E-state index < -0.39 is 0 Å². The number of fused-ring (bicyclic) bond motifs is 1. The Morgan fingerprint density at radius 2 is 1.68 bits per heavy atom. The van der Waals surface area contributed by atoms with Gasteiger partial charge in [0.1, 0.15) is 0 Å². The maximum Gasteiger partial charge on any atom is 0.228 e. The number of anilines is 1. The Morgan fingerprint density at radius 1 is 0.920 bits per heavy atom. The third-order valence-electron chi connectivity index (χ3n) is 4.05. The van der Waals surface area contributed by atoms with Crippen molar-refractivity contribution in [2.24, 2.45) is 0 Å². The van der Waals surface area contributed by atoms with Crippen LogP contribution in [0.4, 0.5) is 5.69 Å². The van der Waals surface area contributed by atoms with Crippen molar-refractivity contribution < 1.29 is 4.79 Å². The van der Waals surface area contributed by atoms with Crippen LogP contribution in [0.1, 0.15) is 5.56 Å². The van der Waals surface area contributed by atoms with Gasteiger partial charge in [-0.05, 0) is 40.6 Å². The van der Waals surface area contributed by atoms with Crippen LogP contribution in [0.25, 0.3) is 16.5 Å². The highest BCUT2D eigenvalue weighted by Crippen LogP contribution is 2.19. The molecule has 1 N–H and O–H groups in total. The molecule has 0 aliphatic heterocycles. The average Bonchev–Trinajstić information content (AvgIpc) is 3.10. The zero-order valence-electron chi connectivity index (χ0n) is 13.6. The highest BCUT2D eigenvalue weighted by molar-refractivity contribution is 5.95. The van der Waals surface area contributed by atoms with E-state index in [-0.39, 0.29) is 5.91 Å². The van der Waals surface area contributed by atoms with Crippen LogP contribution in [0, 0.1) is 0 Å². The molecule has 4 heteroatoms. The summed E-state index contributed by atoms with van der Waals surface area (Å²) in [6.07, 6.45) is 3.90.